The molecule has 3 atom stereocenters. The lowest BCUT2D eigenvalue weighted by molar-refractivity contribution is -0.119. The van der Waals surface area contributed by atoms with Gasteiger partial charge in [-0.25, -0.2) is 0 Å². The van der Waals surface area contributed by atoms with Gasteiger partial charge in [-0.3, -0.25) is 4.79 Å². The van der Waals surface area contributed by atoms with E-state index in [1.165, 1.54) is 17.3 Å². The van der Waals surface area contributed by atoms with Crippen LogP contribution in [0.4, 0.5) is 0 Å². The average molecular weight is 393 g/mol. The second-order valence-corrected chi connectivity index (χ2v) is 8.19. The van der Waals surface area contributed by atoms with Crippen molar-refractivity contribution >= 4 is 17.7 Å². The van der Waals surface area contributed by atoms with Gasteiger partial charge >= 0.3 is 0 Å². The van der Waals surface area contributed by atoms with Crippen LogP contribution in [-0.2, 0) is 11.8 Å². The minimum atomic E-state index is -0.0116. The number of carbonyl (C=O) groups excluding carboxylic acids is 1. The molecule has 0 spiro atoms. The average Bonchev–Trinajstić information content (AvgIpc) is 3.44. The van der Waals surface area contributed by atoms with Crippen molar-refractivity contribution in [3.63, 3.8) is 0 Å². The highest BCUT2D eigenvalue weighted by molar-refractivity contribution is 7.99. The van der Waals surface area contributed by atoms with Gasteiger partial charge in [-0.2, -0.15) is 0 Å². The Kier molecular flexibility index (Phi) is 5.48. The lowest BCUT2D eigenvalue weighted by atomic mass is 10.1. The van der Waals surface area contributed by atoms with Gasteiger partial charge in [0.25, 0.3) is 0 Å². The lowest BCUT2D eigenvalue weighted by Gasteiger charge is -2.14. The van der Waals surface area contributed by atoms with Crippen molar-refractivity contribution in [2.24, 2.45) is 7.05 Å². The molecular weight excluding hydrogens is 368 g/mol. The molecule has 0 aliphatic heterocycles. The zero-order chi connectivity index (χ0) is 19.5. The summed E-state index contributed by atoms with van der Waals surface area (Å²) >= 11 is 1.43. The Labute approximate surface area is 169 Å². The summed E-state index contributed by atoms with van der Waals surface area (Å²) in [6.45, 7) is 2.00. The molecule has 1 amide bonds. The van der Waals surface area contributed by atoms with Gasteiger partial charge in [-0.15, -0.1) is 10.2 Å². The summed E-state index contributed by atoms with van der Waals surface area (Å²) in [5.41, 5.74) is 2.46. The molecule has 6 heteroatoms. The van der Waals surface area contributed by atoms with Gasteiger partial charge in [0.1, 0.15) is 5.82 Å². The second kappa shape index (κ2) is 8.19. The number of nitrogens with one attached hydrogen (secondary N) is 1. The topological polar surface area (TPSA) is 59.8 Å². The van der Waals surface area contributed by atoms with Crippen LogP contribution in [-0.4, -0.2) is 26.4 Å². The Bertz CT molecular complexity index is 942. The van der Waals surface area contributed by atoms with Crippen LogP contribution >= 0.6 is 11.8 Å². The normalized spacial score (nSPS) is 19.2. The predicted molar refractivity (Wildman–Crippen MR) is 111 cm³/mol. The van der Waals surface area contributed by atoms with E-state index in [1.54, 1.807) is 0 Å². The van der Waals surface area contributed by atoms with Crippen molar-refractivity contribution in [3.05, 3.63) is 77.6 Å². The van der Waals surface area contributed by atoms with Crippen molar-refractivity contribution in [2.75, 3.05) is 5.75 Å². The van der Waals surface area contributed by atoms with E-state index in [4.69, 9.17) is 0 Å². The summed E-state index contributed by atoms with van der Waals surface area (Å²) in [7, 11) is 1.99. The van der Waals surface area contributed by atoms with E-state index in [0.29, 0.717) is 17.6 Å². The first-order valence-electron chi connectivity index (χ1n) is 9.55. The molecule has 1 aromatic heterocycles. The van der Waals surface area contributed by atoms with Crippen LogP contribution in [0.1, 0.15) is 48.2 Å². The summed E-state index contributed by atoms with van der Waals surface area (Å²) in [5.74, 6) is 2.28. The number of aromatic nitrogens is 3. The molecule has 1 heterocycles. The van der Waals surface area contributed by atoms with E-state index < -0.39 is 0 Å². The Balaban J connectivity index is 1.32. The minimum absolute atomic E-state index is 0.000475. The van der Waals surface area contributed by atoms with Crippen LogP contribution < -0.4 is 5.32 Å². The van der Waals surface area contributed by atoms with E-state index >= 15 is 0 Å². The number of amides is 1. The van der Waals surface area contributed by atoms with Gasteiger partial charge in [-0.05, 0) is 30.4 Å². The molecule has 5 nitrogen and oxygen atoms in total. The van der Waals surface area contributed by atoms with Crippen molar-refractivity contribution in [1.82, 2.24) is 20.1 Å². The van der Waals surface area contributed by atoms with E-state index in [2.05, 4.69) is 39.8 Å². The van der Waals surface area contributed by atoms with Gasteiger partial charge in [0.05, 0.1) is 11.8 Å². The van der Waals surface area contributed by atoms with Crippen LogP contribution in [0.3, 0.4) is 0 Å². The Hall–Kier alpha value is -2.60. The van der Waals surface area contributed by atoms with Gasteiger partial charge in [0.15, 0.2) is 5.16 Å². The SMILES string of the molecule is C[C@@H](NC(=O)CSc1nnc([C@H]2C[C@@H]2c2ccccc2)n1C)c1ccccc1. The molecule has 3 aromatic rings. The van der Waals surface area contributed by atoms with Crippen LogP contribution in [0.5, 0.6) is 0 Å². The van der Waals surface area contributed by atoms with Gasteiger partial charge in [-0.1, -0.05) is 72.4 Å². The Morgan fingerprint density at radius 3 is 2.50 bits per heavy atom. The van der Waals surface area contributed by atoms with Crippen molar-refractivity contribution in [2.45, 2.75) is 36.4 Å². The number of thioether (sulfide) groups is 1. The highest BCUT2D eigenvalue weighted by Crippen LogP contribution is 2.54. The van der Waals surface area contributed by atoms with E-state index in [1.807, 2.05) is 54.9 Å². The molecule has 4 rings (SSSR count). The molecule has 0 bridgehead atoms. The quantitative estimate of drug-likeness (QED) is 0.616. The Morgan fingerprint density at radius 2 is 1.79 bits per heavy atom. The molecule has 0 saturated heterocycles. The first-order chi connectivity index (χ1) is 13.6. The smallest absolute Gasteiger partial charge is 0.230 e. The summed E-state index contributed by atoms with van der Waals surface area (Å²) in [4.78, 5) is 12.3. The fourth-order valence-corrected chi connectivity index (χ4v) is 4.29. The molecule has 2 aromatic carbocycles. The van der Waals surface area contributed by atoms with Gasteiger partial charge in [0, 0.05) is 13.0 Å². The van der Waals surface area contributed by atoms with Crippen LogP contribution in [0.25, 0.3) is 0 Å². The molecule has 1 aliphatic carbocycles. The minimum Gasteiger partial charge on any atom is -0.349 e. The van der Waals surface area contributed by atoms with Gasteiger partial charge in [0.2, 0.25) is 5.91 Å². The summed E-state index contributed by atoms with van der Waals surface area (Å²) < 4.78 is 2.03. The van der Waals surface area contributed by atoms with E-state index in [9.17, 15) is 4.79 Å². The van der Waals surface area contributed by atoms with Crippen molar-refractivity contribution < 1.29 is 4.79 Å². The van der Waals surface area contributed by atoms with Crippen LogP contribution in [0.15, 0.2) is 65.8 Å². The maximum Gasteiger partial charge on any atom is 0.230 e. The largest absolute Gasteiger partial charge is 0.349 e. The van der Waals surface area contributed by atoms with E-state index in [-0.39, 0.29) is 11.9 Å². The lowest BCUT2D eigenvalue weighted by Crippen LogP contribution is -2.28. The molecule has 0 radical (unpaired) electrons. The summed E-state index contributed by atoms with van der Waals surface area (Å²) in [6.07, 6.45) is 1.11. The molecular formula is C22H24N4OS. The number of nitrogens with zero attached hydrogens (tertiary/aromatic N) is 3. The summed E-state index contributed by atoms with van der Waals surface area (Å²) in [5, 5.41) is 12.5. The molecule has 28 heavy (non-hydrogen) atoms. The maximum atomic E-state index is 12.3. The van der Waals surface area contributed by atoms with E-state index in [0.717, 1.165) is 23.0 Å². The van der Waals surface area contributed by atoms with Crippen LogP contribution in [0.2, 0.25) is 0 Å². The molecule has 144 valence electrons. The standard InChI is InChI=1S/C22H24N4OS/c1-15(16-9-5-3-6-10-16)23-20(27)14-28-22-25-24-21(26(22)2)19-13-18(19)17-11-7-4-8-12-17/h3-12,15,18-19H,13-14H2,1-2H3,(H,23,27)/t15-,18-,19+/m1/s1. The number of carbonyl (C=O) groups is 1. The molecule has 1 saturated carbocycles. The highest BCUT2D eigenvalue weighted by Gasteiger charge is 2.42. The monoisotopic (exact) mass is 392 g/mol. The van der Waals surface area contributed by atoms with Gasteiger partial charge < -0.3 is 9.88 Å². The molecule has 1 N–H and O–H groups in total. The third-order valence-electron chi connectivity index (χ3n) is 5.23. The fourth-order valence-electron chi connectivity index (χ4n) is 3.56. The first kappa shape index (κ1) is 18.7. The fraction of sp³-hybridized carbons (Fsp3) is 0.318. The summed E-state index contributed by atoms with van der Waals surface area (Å²) in [6, 6.07) is 20.5. The van der Waals surface area contributed by atoms with Crippen molar-refractivity contribution in [1.29, 1.82) is 0 Å². The predicted octanol–water partition coefficient (Wildman–Crippen LogP) is 4.06. The third-order valence-corrected chi connectivity index (χ3v) is 6.25. The number of hydrogen-bond acceptors (Lipinski definition) is 4. The highest BCUT2D eigenvalue weighted by atomic mass is 32.2. The number of benzene rings is 2. The van der Waals surface area contributed by atoms with Crippen molar-refractivity contribution in [3.8, 4) is 0 Å². The zero-order valence-corrected chi connectivity index (χ0v) is 16.9. The maximum absolute atomic E-state index is 12.3. The Morgan fingerprint density at radius 1 is 1.11 bits per heavy atom. The second-order valence-electron chi connectivity index (χ2n) is 7.25. The number of rotatable bonds is 7. The zero-order valence-electron chi connectivity index (χ0n) is 16.1. The third kappa shape index (κ3) is 4.12. The first-order valence-corrected chi connectivity index (χ1v) is 10.5. The molecule has 0 unspecified atom stereocenters. The molecule has 1 fully saturated rings. The van der Waals surface area contributed by atoms with Crippen LogP contribution in [0, 0.1) is 0 Å². The molecule has 1 aliphatic rings. The number of hydrogen-bond donors (Lipinski definition) is 1.